The van der Waals surface area contributed by atoms with Crippen LogP contribution in [0.15, 0.2) is 78.2 Å². The van der Waals surface area contributed by atoms with Crippen molar-refractivity contribution in [1.82, 2.24) is 25.8 Å². The molecule has 16 heteroatoms. The predicted molar refractivity (Wildman–Crippen MR) is 274 cm³/mol. The average molecular weight is 995 g/mol. The Morgan fingerprint density at radius 1 is 0.943 bits per heavy atom. The SMILES string of the molecule is Cc1ccsc1-c1ccc([C@H](C)NC(=O)[C@@H]2C[C@@H](O)CN2C(=O)[C@@H](NC(=O)COCCN2CCN(c3ccc(C(=O)N[C@H]4C(C)(C)[C@H](Oc5ccc(C#N)c(Cl)c5)C4(C)C)cc3)CC2)C(C)(C)C)cc1. The Kier molecular flexibility index (Phi) is 16.0. The van der Waals surface area contributed by atoms with E-state index < -0.39 is 35.4 Å². The molecule has 4 amide bonds. The molecule has 1 aromatic heterocycles. The van der Waals surface area contributed by atoms with E-state index in [-0.39, 0.29) is 60.4 Å². The van der Waals surface area contributed by atoms with Crippen LogP contribution in [-0.4, -0.2) is 121 Å². The van der Waals surface area contributed by atoms with Crippen LogP contribution in [0, 0.1) is 34.5 Å². The number of β-amino-alcohol motifs (C(OH)–C–C–N with tert-alkyl or cyclic N) is 1. The minimum absolute atomic E-state index is 0.00915. The number of thiophene rings is 1. The van der Waals surface area contributed by atoms with Crippen LogP contribution >= 0.6 is 22.9 Å². The second-order valence-corrected chi connectivity index (χ2v) is 22.6. The number of hydrogen-bond acceptors (Lipinski definition) is 11. The fourth-order valence-electron chi connectivity index (χ4n) is 10.5. The molecule has 4 aromatic rings. The summed E-state index contributed by atoms with van der Waals surface area (Å²) in [6.07, 6.45) is -0.973. The zero-order valence-electron chi connectivity index (χ0n) is 41.8. The number of hydrogen-bond donors (Lipinski definition) is 4. The molecular formula is C54H68ClN7O7S. The monoisotopic (exact) mass is 993 g/mol. The van der Waals surface area contributed by atoms with E-state index in [9.17, 15) is 29.5 Å². The van der Waals surface area contributed by atoms with Gasteiger partial charge in [-0.3, -0.25) is 24.1 Å². The van der Waals surface area contributed by atoms with Crippen LogP contribution in [0.4, 0.5) is 5.69 Å². The van der Waals surface area contributed by atoms with E-state index in [1.165, 1.54) is 15.3 Å². The van der Waals surface area contributed by atoms with Crippen LogP contribution in [0.1, 0.15) is 94.9 Å². The second-order valence-electron chi connectivity index (χ2n) is 21.3. The average Bonchev–Trinajstić information content (AvgIpc) is 3.95. The van der Waals surface area contributed by atoms with E-state index >= 15 is 0 Å². The Bertz CT molecular complexity index is 2550. The number of aliphatic hydroxyl groups excluding tert-OH is 1. The number of amides is 4. The summed E-state index contributed by atoms with van der Waals surface area (Å²) in [6, 6.07) is 22.6. The number of carbonyl (C=O) groups excluding carboxylic acids is 4. The largest absolute Gasteiger partial charge is 0.489 e. The zero-order valence-corrected chi connectivity index (χ0v) is 43.4. The predicted octanol–water partition coefficient (Wildman–Crippen LogP) is 7.37. The van der Waals surface area contributed by atoms with Crippen molar-refractivity contribution in [1.29, 1.82) is 5.26 Å². The molecule has 1 aliphatic carbocycles. The summed E-state index contributed by atoms with van der Waals surface area (Å²) in [6.45, 7) is 21.7. The molecule has 0 unspecified atom stereocenters. The first-order chi connectivity index (χ1) is 33.1. The summed E-state index contributed by atoms with van der Waals surface area (Å²) < 4.78 is 12.2. The maximum atomic E-state index is 14.1. The fraction of sp³-hybridized carbons (Fsp3) is 0.500. The van der Waals surface area contributed by atoms with Gasteiger partial charge in [-0.1, -0.05) is 84.3 Å². The Morgan fingerprint density at radius 3 is 2.21 bits per heavy atom. The van der Waals surface area contributed by atoms with E-state index in [2.05, 4.69) is 77.9 Å². The van der Waals surface area contributed by atoms with Crippen LogP contribution in [0.5, 0.6) is 5.75 Å². The van der Waals surface area contributed by atoms with Gasteiger partial charge in [0, 0.05) is 84.8 Å². The summed E-state index contributed by atoms with van der Waals surface area (Å²) in [5.41, 5.74) is 3.79. The molecule has 0 spiro atoms. The summed E-state index contributed by atoms with van der Waals surface area (Å²) in [4.78, 5) is 61.8. The van der Waals surface area contributed by atoms with Crippen molar-refractivity contribution < 1.29 is 33.8 Å². The van der Waals surface area contributed by atoms with Gasteiger partial charge in [0.05, 0.1) is 29.3 Å². The first kappa shape index (κ1) is 52.3. The summed E-state index contributed by atoms with van der Waals surface area (Å²) in [7, 11) is 0. The van der Waals surface area contributed by atoms with Gasteiger partial charge in [-0.05, 0) is 83.8 Å². The Morgan fingerprint density at radius 2 is 1.61 bits per heavy atom. The van der Waals surface area contributed by atoms with Gasteiger partial charge < -0.3 is 40.3 Å². The molecule has 70 heavy (non-hydrogen) atoms. The third-order valence-electron chi connectivity index (χ3n) is 14.3. The molecule has 4 atom stereocenters. The van der Waals surface area contributed by atoms with Crippen LogP contribution < -0.4 is 25.6 Å². The van der Waals surface area contributed by atoms with Crippen molar-refractivity contribution in [3.05, 3.63) is 105 Å². The molecule has 3 heterocycles. The standard InChI is InChI=1S/C54H68ClN7O7S/c1-33-20-27-70-45(33)36-12-10-35(11-13-36)34(2)57-48(66)43-28-40(63)31-62(43)49(67)46(52(3,4)5)58-44(64)32-68-26-25-60-21-23-61(24-22-60)39-17-14-37(15-18-39)47(65)59-50-53(6,7)51(54(50,8)9)69-41-19-16-38(30-56)42(55)29-41/h10-20,27,29,34,40,43,46,50-51,63H,21-26,28,31-32H2,1-9H3,(H,57,66)(H,58,64)(H,59,65)/t34-,40+,43-,46+,50-,51-/m0/s1. The van der Waals surface area contributed by atoms with E-state index in [0.717, 1.165) is 43.0 Å². The van der Waals surface area contributed by atoms with Crippen molar-refractivity contribution in [3.8, 4) is 22.3 Å². The number of aliphatic hydroxyl groups is 1. The van der Waals surface area contributed by atoms with Gasteiger partial charge in [-0.15, -0.1) is 11.3 Å². The minimum atomic E-state index is -0.955. The van der Waals surface area contributed by atoms with Crippen molar-refractivity contribution >= 4 is 52.3 Å². The topological polar surface area (TPSA) is 177 Å². The number of carbonyl (C=O) groups is 4. The highest BCUT2D eigenvalue weighted by molar-refractivity contribution is 7.13. The quantitative estimate of drug-likeness (QED) is 0.0830. The van der Waals surface area contributed by atoms with Crippen LogP contribution in [0.2, 0.25) is 5.02 Å². The molecule has 3 aromatic carbocycles. The summed E-state index contributed by atoms with van der Waals surface area (Å²) >= 11 is 7.95. The molecule has 1 saturated carbocycles. The molecule has 4 N–H and O–H groups in total. The maximum absolute atomic E-state index is 14.1. The minimum Gasteiger partial charge on any atom is -0.489 e. The number of piperazine rings is 1. The van der Waals surface area contributed by atoms with E-state index in [1.807, 2.05) is 76.2 Å². The molecule has 7 rings (SSSR count). The fourth-order valence-corrected chi connectivity index (χ4v) is 11.7. The lowest BCUT2D eigenvalue weighted by molar-refractivity contribution is -0.164. The van der Waals surface area contributed by atoms with Gasteiger partial charge in [0.2, 0.25) is 17.7 Å². The number of nitriles is 1. The lowest BCUT2D eigenvalue weighted by atomic mass is 9.49. The van der Waals surface area contributed by atoms with E-state index in [4.69, 9.17) is 21.1 Å². The van der Waals surface area contributed by atoms with E-state index in [1.54, 1.807) is 29.5 Å². The molecule has 374 valence electrons. The molecule has 0 bridgehead atoms. The molecule has 0 radical (unpaired) electrons. The van der Waals surface area contributed by atoms with Gasteiger partial charge in [-0.25, -0.2) is 0 Å². The highest BCUT2D eigenvalue weighted by atomic mass is 35.5. The molecule has 14 nitrogen and oxygen atoms in total. The van der Waals surface area contributed by atoms with Gasteiger partial charge in [0.1, 0.15) is 36.6 Å². The summed E-state index contributed by atoms with van der Waals surface area (Å²) in [5, 5.41) is 31.5. The molecule has 3 aliphatic rings. The third-order valence-corrected chi connectivity index (χ3v) is 15.6. The lowest BCUT2D eigenvalue weighted by Gasteiger charge is -2.63. The van der Waals surface area contributed by atoms with Gasteiger partial charge in [0.25, 0.3) is 5.91 Å². The van der Waals surface area contributed by atoms with Crippen molar-refractivity contribution in [2.75, 3.05) is 57.4 Å². The zero-order chi connectivity index (χ0) is 50.7. The Balaban J connectivity index is 0.831. The Labute approximate surface area is 421 Å². The highest BCUT2D eigenvalue weighted by Gasteiger charge is 2.64. The van der Waals surface area contributed by atoms with Crippen molar-refractivity contribution in [2.24, 2.45) is 16.2 Å². The van der Waals surface area contributed by atoms with E-state index in [0.29, 0.717) is 35.1 Å². The van der Waals surface area contributed by atoms with Crippen molar-refractivity contribution in [3.63, 3.8) is 0 Å². The smallest absolute Gasteiger partial charge is 0.251 e. The number of benzene rings is 3. The number of nitrogens with zero attached hydrogens (tertiary/aromatic N) is 4. The maximum Gasteiger partial charge on any atom is 0.251 e. The summed E-state index contributed by atoms with van der Waals surface area (Å²) in [5.74, 6) is -0.782. The first-order valence-corrected chi connectivity index (χ1v) is 25.4. The van der Waals surface area contributed by atoms with Gasteiger partial charge in [0.15, 0.2) is 0 Å². The number of anilines is 1. The number of ether oxygens (including phenoxy) is 2. The number of halogens is 1. The van der Waals surface area contributed by atoms with Crippen LogP contribution in [-0.2, 0) is 19.1 Å². The van der Waals surface area contributed by atoms with Crippen LogP contribution in [0.25, 0.3) is 10.4 Å². The van der Waals surface area contributed by atoms with Gasteiger partial charge >= 0.3 is 0 Å². The highest BCUT2D eigenvalue weighted by Crippen LogP contribution is 2.55. The molecule has 3 fully saturated rings. The normalized spacial score (nSPS) is 21.7. The van der Waals surface area contributed by atoms with Crippen LogP contribution in [0.3, 0.4) is 0 Å². The number of rotatable bonds is 16. The lowest BCUT2D eigenvalue weighted by Crippen LogP contribution is -2.74. The van der Waals surface area contributed by atoms with Gasteiger partial charge in [-0.2, -0.15) is 5.26 Å². The third kappa shape index (κ3) is 11.6. The molecular weight excluding hydrogens is 926 g/mol. The Hall–Kier alpha value is -5.50. The number of aryl methyl sites for hydroxylation is 1. The first-order valence-electron chi connectivity index (χ1n) is 24.1. The second kappa shape index (κ2) is 21.5. The molecule has 2 aliphatic heterocycles. The number of likely N-dealkylation sites (tertiary alicyclic amines) is 1. The van der Waals surface area contributed by atoms with Crippen molar-refractivity contribution in [2.45, 2.75) is 105 Å². The molecule has 2 saturated heterocycles. The number of nitrogens with one attached hydrogen (secondary N) is 3.